The first-order chi connectivity index (χ1) is 13.9. The Bertz CT molecular complexity index is 921. The lowest BCUT2D eigenvalue weighted by atomic mass is 10.2. The molecule has 0 heterocycles. The van der Waals surface area contributed by atoms with Crippen molar-refractivity contribution < 1.29 is 19.3 Å². The Morgan fingerprint density at radius 2 is 1.34 bits per heavy atom. The molecule has 1 aliphatic rings. The van der Waals surface area contributed by atoms with Gasteiger partial charge in [0.25, 0.3) is 17.5 Å². The third-order valence-corrected chi connectivity index (χ3v) is 4.40. The highest BCUT2D eigenvalue weighted by molar-refractivity contribution is 5.97. The second-order valence-corrected chi connectivity index (χ2v) is 6.66. The molecule has 3 N–H and O–H groups in total. The number of nitro benzene ring substituents is 1. The molecule has 0 aromatic heterocycles. The minimum atomic E-state index is -0.537. The predicted octanol–water partition coefficient (Wildman–Crippen LogP) is 2.10. The summed E-state index contributed by atoms with van der Waals surface area (Å²) < 4.78 is 0. The summed E-state index contributed by atoms with van der Waals surface area (Å²) in [5.74, 6) is -0.565. The van der Waals surface area contributed by atoms with Gasteiger partial charge >= 0.3 is 0 Å². The maximum Gasteiger partial charge on any atom is 0.269 e. The topological polar surface area (TPSA) is 130 Å². The van der Waals surface area contributed by atoms with Gasteiger partial charge in [0.2, 0.25) is 5.91 Å². The molecule has 9 heteroatoms. The van der Waals surface area contributed by atoms with E-state index in [9.17, 15) is 24.5 Å². The van der Waals surface area contributed by atoms with Crippen molar-refractivity contribution in [1.82, 2.24) is 10.6 Å². The molecule has 3 amide bonds. The van der Waals surface area contributed by atoms with Crippen molar-refractivity contribution in [2.24, 2.45) is 5.92 Å². The fraction of sp³-hybridized carbons (Fsp3) is 0.250. The van der Waals surface area contributed by atoms with Crippen molar-refractivity contribution in [2.45, 2.75) is 12.8 Å². The van der Waals surface area contributed by atoms with Crippen molar-refractivity contribution >= 4 is 29.1 Å². The van der Waals surface area contributed by atoms with Crippen LogP contribution in [-0.2, 0) is 4.79 Å². The van der Waals surface area contributed by atoms with E-state index in [4.69, 9.17) is 0 Å². The molecule has 3 rings (SSSR count). The molecule has 150 valence electrons. The smallest absolute Gasteiger partial charge is 0.269 e. The van der Waals surface area contributed by atoms with Gasteiger partial charge in [-0.3, -0.25) is 24.5 Å². The van der Waals surface area contributed by atoms with Crippen molar-refractivity contribution in [1.29, 1.82) is 0 Å². The van der Waals surface area contributed by atoms with Crippen LogP contribution in [0, 0.1) is 16.0 Å². The van der Waals surface area contributed by atoms with E-state index >= 15 is 0 Å². The Labute approximate surface area is 166 Å². The highest BCUT2D eigenvalue weighted by Gasteiger charge is 2.29. The normalized spacial score (nSPS) is 12.7. The standard InChI is InChI=1S/C20H20N4O5/c25-18(13-3-7-16(8-4-13)23-20(27)15-1-2-15)21-11-12-22-19(26)14-5-9-17(10-6-14)24(28)29/h3-10,15H,1-2,11-12H2,(H,21,25)(H,22,26)(H,23,27). The van der Waals surface area contributed by atoms with Crippen molar-refractivity contribution in [2.75, 3.05) is 18.4 Å². The number of non-ortho nitro benzene ring substituents is 1. The fourth-order valence-corrected chi connectivity index (χ4v) is 2.59. The molecule has 0 aliphatic heterocycles. The van der Waals surface area contributed by atoms with E-state index in [1.54, 1.807) is 24.3 Å². The first-order valence-corrected chi connectivity index (χ1v) is 9.16. The Morgan fingerprint density at radius 1 is 0.862 bits per heavy atom. The lowest BCUT2D eigenvalue weighted by Gasteiger charge is -2.08. The Balaban J connectivity index is 1.40. The minimum absolute atomic E-state index is 0.00552. The molecule has 9 nitrogen and oxygen atoms in total. The summed E-state index contributed by atoms with van der Waals surface area (Å²) in [6, 6.07) is 11.8. The number of hydrogen-bond acceptors (Lipinski definition) is 5. The van der Waals surface area contributed by atoms with Gasteiger partial charge in [0.15, 0.2) is 0 Å². The summed E-state index contributed by atoms with van der Waals surface area (Å²) in [5.41, 5.74) is 1.29. The Morgan fingerprint density at radius 3 is 1.79 bits per heavy atom. The number of benzene rings is 2. The van der Waals surface area contributed by atoms with Gasteiger partial charge in [0.05, 0.1) is 4.92 Å². The van der Waals surface area contributed by atoms with E-state index in [2.05, 4.69) is 16.0 Å². The number of amides is 3. The molecule has 1 saturated carbocycles. The number of nitro groups is 1. The van der Waals surface area contributed by atoms with Gasteiger partial charge in [0.1, 0.15) is 0 Å². The maximum atomic E-state index is 12.1. The molecular formula is C20H20N4O5. The molecule has 0 radical (unpaired) electrons. The number of rotatable bonds is 8. The molecule has 0 unspecified atom stereocenters. The van der Waals surface area contributed by atoms with Gasteiger partial charge in [-0.1, -0.05) is 0 Å². The van der Waals surface area contributed by atoms with E-state index in [0.29, 0.717) is 16.8 Å². The van der Waals surface area contributed by atoms with E-state index in [-0.39, 0.29) is 42.4 Å². The average molecular weight is 396 g/mol. The molecule has 2 aromatic rings. The molecule has 1 aliphatic carbocycles. The van der Waals surface area contributed by atoms with Crippen LogP contribution in [0.4, 0.5) is 11.4 Å². The van der Waals surface area contributed by atoms with Crippen molar-refractivity contribution in [3.63, 3.8) is 0 Å². The Hall–Kier alpha value is -3.75. The summed E-state index contributed by atoms with van der Waals surface area (Å²) in [7, 11) is 0. The van der Waals surface area contributed by atoms with Crippen LogP contribution >= 0.6 is 0 Å². The zero-order valence-electron chi connectivity index (χ0n) is 15.5. The van der Waals surface area contributed by atoms with Crippen LogP contribution in [0.25, 0.3) is 0 Å². The van der Waals surface area contributed by atoms with Crippen LogP contribution in [0.3, 0.4) is 0 Å². The van der Waals surface area contributed by atoms with Gasteiger partial charge in [0, 0.05) is 48.0 Å². The number of nitrogens with one attached hydrogen (secondary N) is 3. The van der Waals surface area contributed by atoms with Crippen LogP contribution in [0.5, 0.6) is 0 Å². The number of hydrogen-bond donors (Lipinski definition) is 3. The lowest BCUT2D eigenvalue weighted by Crippen LogP contribution is -2.34. The lowest BCUT2D eigenvalue weighted by molar-refractivity contribution is -0.384. The average Bonchev–Trinajstić information content (AvgIpc) is 3.57. The SMILES string of the molecule is O=C(NCCNC(=O)c1ccc([N+](=O)[O-])cc1)c1ccc(NC(=O)C2CC2)cc1. The quantitative estimate of drug-likeness (QED) is 0.357. The van der Waals surface area contributed by atoms with E-state index < -0.39 is 4.92 Å². The second kappa shape index (κ2) is 8.96. The molecule has 2 aromatic carbocycles. The maximum absolute atomic E-state index is 12.1. The van der Waals surface area contributed by atoms with Crippen LogP contribution in [0.15, 0.2) is 48.5 Å². The van der Waals surface area contributed by atoms with Crippen LogP contribution in [0.2, 0.25) is 0 Å². The third kappa shape index (κ3) is 5.61. The molecule has 29 heavy (non-hydrogen) atoms. The highest BCUT2D eigenvalue weighted by Crippen LogP contribution is 2.30. The van der Waals surface area contributed by atoms with Crippen molar-refractivity contribution in [3.8, 4) is 0 Å². The van der Waals surface area contributed by atoms with Gasteiger partial charge < -0.3 is 16.0 Å². The van der Waals surface area contributed by atoms with Crippen LogP contribution < -0.4 is 16.0 Å². The summed E-state index contributed by atoms with van der Waals surface area (Å²) in [6.45, 7) is 0.425. The minimum Gasteiger partial charge on any atom is -0.350 e. The van der Waals surface area contributed by atoms with E-state index in [0.717, 1.165) is 12.8 Å². The number of carbonyl (C=O) groups is 3. The molecule has 0 bridgehead atoms. The first kappa shape index (κ1) is 20.0. The summed E-state index contributed by atoms with van der Waals surface area (Å²) >= 11 is 0. The van der Waals surface area contributed by atoms with Gasteiger partial charge in [-0.2, -0.15) is 0 Å². The van der Waals surface area contributed by atoms with Gasteiger partial charge in [-0.25, -0.2) is 0 Å². The van der Waals surface area contributed by atoms with Gasteiger partial charge in [-0.15, -0.1) is 0 Å². The second-order valence-electron chi connectivity index (χ2n) is 6.66. The van der Waals surface area contributed by atoms with Crippen molar-refractivity contribution in [3.05, 3.63) is 69.8 Å². The molecular weight excluding hydrogens is 376 g/mol. The fourth-order valence-electron chi connectivity index (χ4n) is 2.59. The molecule has 0 atom stereocenters. The monoisotopic (exact) mass is 396 g/mol. The molecule has 1 fully saturated rings. The zero-order chi connectivity index (χ0) is 20.8. The number of carbonyl (C=O) groups excluding carboxylic acids is 3. The summed E-state index contributed by atoms with van der Waals surface area (Å²) in [5, 5.41) is 18.7. The van der Waals surface area contributed by atoms with Crippen LogP contribution in [0.1, 0.15) is 33.6 Å². The van der Waals surface area contributed by atoms with E-state index in [1.807, 2.05) is 0 Å². The van der Waals surface area contributed by atoms with Crippen LogP contribution in [-0.4, -0.2) is 35.7 Å². The number of nitrogens with zero attached hydrogens (tertiary/aromatic N) is 1. The largest absolute Gasteiger partial charge is 0.350 e. The number of anilines is 1. The Kier molecular flexibility index (Phi) is 6.18. The third-order valence-electron chi connectivity index (χ3n) is 4.40. The molecule has 0 saturated heterocycles. The first-order valence-electron chi connectivity index (χ1n) is 9.16. The summed E-state index contributed by atoms with van der Waals surface area (Å²) in [4.78, 5) is 45.9. The predicted molar refractivity (Wildman–Crippen MR) is 106 cm³/mol. The zero-order valence-corrected chi connectivity index (χ0v) is 15.5. The molecule has 0 spiro atoms. The highest BCUT2D eigenvalue weighted by atomic mass is 16.6. The van der Waals surface area contributed by atoms with Gasteiger partial charge in [-0.05, 0) is 49.2 Å². The summed E-state index contributed by atoms with van der Waals surface area (Å²) in [6.07, 6.45) is 1.85. The van der Waals surface area contributed by atoms with E-state index in [1.165, 1.54) is 24.3 Å².